The Labute approximate surface area is 91.2 Å². The SMILES string of the molecule is CC(CN)CC(=O)N(C)CC(=O)N(C)C. The van der Waals surface area contributed by atoms with Crippen LogP contribution in [0, 0.1) is 5.92 Å². The van der Waals surface area contributed by atoms with Crippen LogP contribution in [0.3, 0.4) is 0 Å². The van der Waals surface area contributed by atoms with Crippen LogP contribution in [-0.4, -0.2) is 55.8 Å². The Morgan fingerprint density at radius 1 is 1.20 bits per heavy atom. The summed E-state index contributed by atoms with van der Waals surface area (Å²) in [6.45, 7) is 2.53. The minimum Gasteiger partial charge on any atom is -0.347 e. The number of carbonyl (C=O) groups excluding carboxylic acids is 2. The van der Waals surface area contributed by atoms with E-state index in [-0.39, 0.29) is 24.3 Å². The maximum Gasteiger partial charge on any atom is 0.241 e. The Balaban J connectivity index is 4.04. The van der Waals surface area contributed by atoms with Crippen LogP contribution in [0.15, 0.2) is 0 Å². The van der Waals surface area contributed by atoms with E-state index in [2.05, 4.69) is 0 Å². The zero-order valence-corrected chi connectivity index (χ0v) is 9.99. The topological polar surface area (TPSA) is 66.6 Å². The molecular formula is C10H21N3O2. The molecule has 0 saturated carbocycles. The highest BCUT2D eigenvalue weighted by Crippen LogP contribution is 2.02. The van der Waals surface area contributed by atoms with E-state index < -0.39 is 0 Å². The van der Waals surface area contributed by atoms with Gasteiger partial charge in [-0.05, 0) is 12.5 Å². The summed E-state index contributed by atoms with van der Waals surface area (Å²) in [7, 11) is 4.97. The second-order valence-corrected chi connectivity index (χ2v) is 4.08. The molecule has 0 bridgehead atoms. The Morgan fingerprint density at radius 3 is 2.13 bits per heavy atom. The average molecular weight is 215 g/mol. The van der Waals surface area contributed by atoms with Crippen LogP contribution >= 0.6 is 0 Å². The van der Waals surface area contributed by atoms with Crippen molar-refractivity contribution in [2.45, 2.75) is 13.3 Å². The van der Waals surface area contributed by atoms with Crippen molar-refractivity contribution in [3.8, 4) is 0 Å². The molecule has 88 valence electrons. The molecule has 2 amide bonds. The van der Waals surface area contributed by atoms with E-state index in [0.29, 0.717) is 13.0 Å². The van der Waals surface area contributed by atoms with Crippen molar-refractivity contribution in [2.24, 2.45) is 11.7 Å². The van der Waals surface area contributed by atoms with E-state index in [0.717, 1.165) is 0 Å². The van der Waals surface area contributed by atoms with Gasteiger partial charge in [-0.15, -0.1) is 0 Å². The summed E-state index contributed by atoms with van der Waals surface area (Å²) in [5.74, 6) is 0.0452. The molecule has 0 aliphatic carbocycles. The molecule has 15 heavy (non-hydrogen) atoms. The molecule has 0 aromatic rings. The van der Waals surface area contributed by atoms with E-state index in [9.17, 15) is 9.59 Å². The van der Waals surface area contributed by atoms with Gasteiger partial charge < -0.3 is 15.5 Å². The molecule has 1 unspecified atom stereocenters. The molecular weight excluding hydrogens is 194 g/mol. The first-order valence-corrected chi connectivity index (χ1v) is 5.02. The Kier molecular flexibility index (Phi) is 5.93. The van der Waals surface area contributed by atoms with Gasteiger partial charge in [0.1, 0.15) is 0 Å². The van der Waals surface area contributed by atoms with Crippen molar-refractivity contribution < 1.29 is 9.59 Å². The lowest BCUT2D eigenvalue weighted by Crippen LogP contribution is -2.38. The molecule has 0 aromatic heterocycles. The van der Waals surface area contributed by atoms with E-state index in [1.807, 2.05) is 6.92 Å². The van der Waals surface area contributed by atoms with Crippen molar-refractivity contribution in [3.05, 3.63) is 0 Å². The summed E-state index contributed by atoms with van der Waals surface area (Å²) >= 11 is 0. The van der Waals surface area contributed by atoms with Gasteiger partial charge in [0.05, 0.1) is 6.54 Å². The van der Waals surface area contributed by atoms with Crippen LogP contribution in [0.5, 0.6) is 0 Å². The number of carbonyl (C=O) groups is 2. The maximum atomic E-state index is 11.6. The highest BCUT2D eigenvalue weighted by molar-refractivity contribution is 5.84. The van der Waals surface area contributed by atoms with Crippen LogP contribution < -0.4 is 5.73 Å². The second-order valence-electron chi connectivity index (χ2n) is 4.08. The molecule has 0 aliphatic rings. The van der Waals surface area contributed by atoms with Gasteiger partial charge in [0.15, 0.2) is 0 Å². The van der Waals surface area contributed by atoms with Gasteiger partial charge in [0.25, 0.3) is 0 Å². The third-order valence-corrected chi connectivity index (χ3v) is 2.22. The van der Waals surface area contributed by atoms with Crippen LogP contribution in [-0.2, 0) is 9.59 Å². The summed E-state index contributed by atoms with van der Waals surface area (Å²) in [5, 5.41) is 0. The molecule has 0 rings (SSSR count). The number of likely N-dealkylation sites (N-methyl/N-ethyl adjacent to an activating group) is 2. The molecule has 0 aliphatic heterocycles. The first-order valence-electron chi connectivity index (χ1n) is 5.02. The molecule has 0 spiro atoms. The smallest absolute Gasteiger partial charge is 0.241 e. The normalized spacial score (nSPS) is 12.1. The Bertz CT molecular complexity index is 229. The van der Waals surface area contributed by atoms with Gasteiger partial charge in [0.2, 0.25) is 11.8 Å². The lowest BCUT2D eigenvalue weighted by Gasteiger charge is -2.20. The fourth-order valence-electron chi connectivity index (χ4n) is 0.970. The minimum atomic E-state index is -0.0775. The Hall–Kier alpha value is -1.10. The van der Waals surface area contributed by atoms with Gasteiger partial charge in [-0.1, -0.05) is 6.92 Å². The van der Waals surface area contributed by atoms with E-state index in [1.165, 1.54) is 9.80 Å². The number of nitrogens with two attached hydrogens (primary N) is 1. The minimum absolute atomic E-state index is 0.0387. The average Bonchev–Trinajstić information content (AvgIpc) is 2.16. The molecule has 5 heteroatoms. The van der Waals surface area contributed by atoms with Gasteiger partial charge in [-0.3, -0.25) is 9.59 Å². The number of nitrogens with zero attached hydrogens (tertiary/aromatic N) is 2. The largest absolute Gasteiger partial charge is 0.347 e. The van der Waals surface area contributed by atoms with Gasteiger partial charge in [0, 0.05) is 27.6 Å². The number of amides is 2. The van der Waals surface area contributed by atoms with Crippen molar-refractivity contribution in [1.29, 1.82) is 0 Å². The van der Waals surface area contributed by atoms with Crippen LogP contribution in [0.25, 0.3) is 0 Å². The van der Waals surface area contributed by atoms with Crippen molar-refractivity contribution in [3.63, 3.8) is 0 Å². The molecule has 1 atom stereocenters. The third-order valence-electron chi connectivity index (χ3n) is 2.22. The van der Waals surface area contributed by atoms with Crippen LogP contribution in [0.1, 0.15) is 13.3 Å². The highest BCUT2D eigenvalue weighted by Gasteiger charge is 2.15. The molecule has 5 nitrogen and oxygen atoms in total. The number of hydrogen-bond acceptors (Lipinski definition) is 3. The van der Waals surface area contributed by atoms with Gasteiger partial charge >= 0.3 is 0 Å². The zero-order valence-electron chi connectivity index (χ0n) is 9.99. The van der Waals surface area contributed by atoms with Crippen molar-refractivity contribution in [1.82, 2.24) is 9.80 Å². The fraction of sp³-hybridized carbons (Fsp3) is 0.800. The fourth-order valence-corrected chi connectivity index (χ4v) is 0.970. The zero-order chi connectivity index (χ0) is 12.0. The summed E-state index contributed by atoms with van der Waals surface area (Å²) in [4.78, 5) is 25.8. The number of hydrogen-bond donors (Lipinski definition) is 1. The van der Waals surface area contributed by atoms with Crippen LogP contribution in [0.4, 0.5) is 0 Å². The molecule has 0 heterocycles. The molecule has 0 radical (unpaired) electrons. The van der Waals surface area contributed by atoms with Gasteiger partial charge in [-0.25, -0.2) is 0 Å². The number of rotatable bonds is 5. The second kappa shape index (κ2) is 6.40. The third kappa shape index (κ3) is 5.37. The monoisotopic (exact) mass is 215 g/mol. The van der Waals surface area contributed by atoms with E-state index in [1.54, 1.807) is 21.1 Å². The predicted octanol–water partition coefficient (Wildman–Crippen LogP) is -0.482. The van der Waals surface area contributed by atoms with Crippen molar-refractivity contribution >= 4 is 11.8 Å². The Morgan fingerprint density at radius 2 is 1.73 bits per heavy atom. The molecule has 0 saturated heterocycles. The summed E-state index contributed by atoms with van der Waals surface area (Å²) < 4.78 is 0. The first kappa shape index (κ1) is 13.9. The lowest BCUT2D eigenvalue weighted by molar-refractivity contribution is -0.138. The van der Waals surface area contributed by atoms with E-state index in [4.69, 9.17) is 5.73 Å². The summed E-state index contributed by atoms with van der Waals surface area (Å²) in [6.07, 6.45) is 0.397. The quantitative estimate of drug-likeness (QED) is 0.673. The molecule has 0 aromatic carbocycles. The summed E-state index contributed by atoms with van der Waals surface area (Å²) in [5.41, 5.74) is 5.42. The standard InChI is InChI=1S/C10H21N3O2/c1-8(6-11)5-9(14)13(4)7-10(15)12(2)3/h8H,5-7,11H2,1-4H3. The molecule has 0 fully saturated rings. The predicted molar refractivity (Wildman–Crippen MR) is 59.2 cm³/mol. The maximum absolute atomic E-state index is 11.6. The van der Waals surface area contributed by atoms with Crippen molar-refractivity contribution in [2.75, 3.05) is 34.2 Å². The summed E-state index contributed by atoms with van der Waals surface area (Å²) in [6, 6.07) is 0. The highest BCUT2D eigenvalue weighted by atomic mass is 16.2. The first-order chi connectivity index (χ1) is 6.88. The lowest BCUT2D eigenvalue weighted by atomic mass is 10.1. The van der Waals surface area contributed by atoms with E-state index >= 15 is 0 Å². The van der Waals surface area contributed by atoms with Crippen LogP contribution in [0.2, 0.25) is 0 Å². The molecule has 2 N–H and O–H groups in total. The van der Waals surface area contributed by atoms with Gasteiger partial charge in [-0.2, -0.15) is 0 Å².